The van der Waals surface area contributed by atoms with E-state index in [0.717, 1.165) is 6.42 Å². The number of carboxylic acids is 1. The Hall–Kier alpha value is -1.65. The van der Waals surface area contributed by atoms with E-state index in [1.165, 1.54) is 12.4 Å². The number of hydrogen-bond acceptors (Lipinski definition) is 4. The predicted molar refractivity (Wildman–Crippen MR) is 50.2 cm³/mol. The number of nitrogens with one attached hydrogen (secondary N) is 1. The van der Waals surface area contributed by atoms with Gasteiger partial charge in [-0.2, -0.15) is 0 Å². The van der Waals surface area contributed by atoms with Crippen molar-refractivity contribution in [2.45, 2.75) is 19.4 Å². The van der Waals surface area contributed by atoms with E-state index >= 15 is 0 Å². The van der Waals surface area contributed by atoms with Crippen molar-refractivity contribution in [3.63, 3.8) is 0 Å². The van der Waals surface area contributed by atoms with Crippen LogP contribution in [0, 0.1) is 5.92 Å². The van der Waals surface area contributed by atoms with Gasteiger partial charge >= 0.3 is 5.97 Å². The first-order chi connectivity index (χ1) is 6.66. The first-order valence-electron chi connectivity index (χ1n) is 4.48. The van der Waals surface area contributed by atoms with Crippen molar-refractivity contribution in [2.24, 2.45) is 5.92 Å². The summed E-state index contributed by atoms with van der Waals surface area (Å²) < 4.78 is 0. The fourth-order valence-electron chi connectivity index (χ4n) is 1.20. The largest absolute Gasteiger partial charge is 0.478 e. The molecule has 14 heavy (non-hydrogen) atoms. The molecule has 2 N–H and O–H groups in total. The zero-order valence-electron chi connectivity index (χ0n) is 7.77. The molecule has 0 spiro atoms. The summed E-state index contributed by atoms with van der Waals surface area (Å²) >= 11 is 0. The van der Waals surface area contributed by atoms with Crippen LogP contribution < -0.4 is 5.32 Å². The van der Waals surface area contributed by atoms with Crippen molar-refractivity contribution in [2.75, 3.05) is 5.32 Å². The summed E-state index contributed by atoms with van der Waals surface area (Å²) in [7, 11) is 0. The molecule has 2 rings (SSSR count). The number of hydrogen-bond donors (Lipinski definition) is 2. The van der Waals surface area contributed by atoms with E-state index in [2.05, 4.69) is 22.2 Å². The Labute approximate surface area is 81.2 Å². The van der Waals surface area contributed by atoms with Gasteiger partial charge < -0.3 is 10.4 Å². The second kappa shape index (κ2) is 3.25. The normalized spacial score (nSPS) is 24.4. The number of anilines is 1. The van der Waals surface area contributed by atoms with Crippen molar-refractivity contribution in [3.8, 4) is 0 Å². The molecule has 0 aromatic carbocycles. The Morgan fingerprint density at radius 3 is 2.57 bits per heavy atom. The van der Waals surface area contributed by atoms with Crippen molar-refractivity contribution in [3.05, 3.63) is 18.0 Å². The minimum absolute atomic E-state index is 0.111. The van der Waals surface area contributed by atoms with E-state index in [0.29, 0.717) is 17.9 Å². The summed E-state index contributed by atoms with van der Waals surface area (Å²) in [4.78, 5) is 18.3. The van der Waals surface area contributed by atoms with Gasteiger partial charge in [-0.25, -0.2) is 14.8 Å². The SMILES string of the molecule is CC1CC1Nc1ncc(C(=O)O)cn1. The third-order valence-electron chi connectivity index (χ3n) is 2.32. The Morgan fingerprint density at radius 1 is 1.57 bits per heavy atom. The minimum atomic E-state index is -1.00. The lowest BCUT2D eigenvalue weighted by atomic mass is 10.3. The van der Waals surface area contributed by atoms with Gasteiger partial charge in [-0.3, -0.25) is 0 Å². The fourth-order valence-corrected chi connectivity index (χ4v) is 1.20. The topological polar surface area (TPSA) is 75.1 Å². The molecule has 1 aliphatic carbocycles. The molecule has 1 heterocycles. The van der Waals surface area contributed by atoms with Crippen LogP contribution in [0.4, 0.5) is 5.95 Å². The van der Waals surface area contributed by atoms with Crippen LogP contribution in [0.15, 0.2) is 12.4 Å². The third-order valence-corrected chi connectivity index (χ3v) is 2.32. The van der Waals surface area contributed by atoms with Gasteiger partial charge in [0.2, 0.25) is 5.95 Å². The van der Waals surface area contributed by atoms with E-state index in [9.17, 15) is 4.79 Å². The van der Waals surface area contributed by atoms with Crippen molar-refractivity contribution in [1.29, 1.82) is 0 Å². The molecule has 0 amide bonds. The van der Waals surface area contributed by atoms with Crippen molar-refractivity contribution in [1.82, 2.24) is 9.97 Å². The lowest BCUT2D eigenvalue weighted by Gasteiger charge is -2.01. The third kappa shape index (κ3) is 1.81. The van der Waals surface area contributed by atoms with Gasteiger partial charge in [0, 0.05) is 18.4 Å². The smallest absolute Gasteiger partial charge is 0.338 e. The van der Waals surface area contributed by atoms with E-state index < -0.39 is 5.97 Å². The van der Waals surface area contributed by atoms with Crippen LogP contribution in [0.2, 0.25) is 0 Å². The standard InChI is InChI=1S/C9H11N3O2/c1-5-2-7(5)12-9-10-3-6(4-11-9)8(13)14/h3-5,7H,2H2,1H3,(H,13,14)(H,10,11,12). The molecule has 2 atom stereocenters. The lowest BCUT2D eigenvalue weighted by Crippen LogP contribution is -2.08. The first kappa shape index (κ1) is 8.93. The Kier molecular flexibility index (Phi) is 2.07. The molecule has 1 saturated carbocycles. The number of aromatic carboxylic acids is 1. The van der Waals surface area contributed by atoms with E-state index in [1.807, 2.05) is 0 Å². The number of nitrogens with zero attached hydrogens (tertiary/aromatic N) is 2. The summed E-state index contributed by atoms with van der Waals surface area (Å²) in [5.74, 6) is 0.165. The average molecular weight is 193 g/mol. The lowest BCUT2D eigenvalue weighted by molar-refractivity contribution is 0.0696. The highest BCUT2D eigenvalue weighted by atomic mass is 16.4. The summed E-state index contributed by atoms with van der Waals surface area (Å²) in [5.41, 5.74) is 0.111. The molecule has 0 bridgehead atoms. The van der Waals surface area contributed by atoms with Crippen molar-refractivity contribution < 1.29 is 9.90 Å². The van der Waals surface area contributed by atoms with Gasteiger partial charge in [-0.05, 0) is 12.3 Å². The number of aromatic nitrogens is 2. The summed E-state index contributed by atoms with van der Waals surface area (Å²) in [6, 6.07) is 0.450. The Bertz CT molecular complexity index is 350. The first-order valence-corrected chi connectivity index (χ1v) is 4.48. The van der Waals surface area contributed by atoms with Crippen LogP contribution >= 0.6 is 0 Å². The molecule has 0 radical (unpaired) electrons. The zero-order chi connectivity index (χ0) is 10.1. The maximum atomic E-state index is 10.5. The predicted octanol–water partition coefficient (Wildman–Crippen LogP) is 0.995. The molecule has 0 aliphatic heterocycles. The molecule has 2 unspecified atom stereocenters. The molecule has 74 valence electrons. The summed E-state index contributed by atoms with van der Waals surface area (Å²) in [6.07, 6.45) is 3.75. The van der Waals surface area contributed by atoms with Gasteiger partial charge in [0.05, 0.1) is 5.56 Å². The second-order valence-corrected chi connectivity index (χ2v) is 3.56. The highest BCUT2D eigenvalue weighted by Gasteiger charge is 2.32. The molecule has 1 aliphatic rings. The highest BCUT2D eigenvalue weighted by molar-refractivity contribution is 5.86. The maximum absolute atomic E-state index is 10.5. The van der Waals surface area contributed by atoms with E-state index in [4.69, 9.17) is 5.11 Å². The fraction of sp³-hybridized carbons (Fsp3) is 0.444. The molecule has 0 saturated heterocycles. The zero-order valence-corrected chi connectivity index (χ0v) is 7.77. The van der Waals surface area contributed by atoms with Gasteiger partial charge in [0.25, 0.3) is 0 Å². The van der Waals surface area contributed by atoms with E-state index in [1.54, 1.807) is 0 Å². The average Bonchev–Trinajstić information content (AvgIpc) is 2.82. The highest BCUT2D eigenvalue weighted by Crippen LogP contribution is 2.31. The summed E-state index contributed by atoms with van der Waals surface area (Å²) in [6.45, 7) is 2.14. The molecule has 5 nitrogen and oxygen atoms in total. The quantitative estimate of drug-likeness (QED) is 0.748. The van der Waals surface area contributed by atoms with Crippen LogP contribution in [0.1, 0.15) is 23.7 Å². The molecule has 1 aromatic rings. The van der Waals surface area contributed by atoms with Gasteiger partial charge in [-0.15, -0.1) is 0 Å². The Morgan fingerprint density at radius 2 is 2.14 bits per heavy atom. The molecular weight excluding hydrogens is 182 g/mol. The van der Waals surface area contributed by atoms with Crippen LogP contribution in [0.3, 0.4) is 0 Å². The van der Waals surface area contributed by atoms with Crippen LogP contribution in [-0.2, 0) is 0 Å². The number of carbonyl (C=O) groups is 1. The Balaban J connectivity index is 2.02. The molecular formula is C9H11N3O2. The van der Waals surface area contributed by atoms with Crippen LogP contribution in [0.25, 0.3) is 0 Å². The molecule has 1 aromatic heterocycles. The van der Waals surface area contributed by atoms with Gasteiger partial charge in [0.15, 0.2) is 0 Å². The van der Waals surface area contributed by atoms with Crippen LogP contribution in [-0.4, -0.2) is 27.1 Å². The summed E-state index contributed by atoms with van der Waals surface area (Å²) in [5, 5.41) is 11.7. The second-order valence-electron chi connectivity index (χ2n) is 3.56. The molecule has 1 fully saturated rings. The van der Waals surface area contributed by atoms with Gasteiger partial charge in [-0.1, -0.05) is 6.92 Å². The van der Waals surface area contributed by atoms with Crippen LogP contribution in [0.5, 0.6) is 0 Å². The van der Waals surface area contributed by atoms with E-state index in [-0.39, 0.29) is 5.56 Å². The van der Waals surface area contributed by atoms with Gasteiger partial charge in [0.1, 0.15) is 0 Å². The monoisotopic (exact) mass is 193 g/mol. The molecule has 5 heteroatoms. The minimum Gasteiger partial charge on any atom is -0.478 e. The van der Waals surface area contributed by atoms with Crippen molar-refractivity contribution >= 4 is 11.9 Å². The number of rotatable bonds is 3. The number of carboxylic acid groups (broad SMARTS) is 1. The maximum Gasteiger partial charge on any atom is 0.338 e.